The molecule has 3 rings (SSSR count). The van der Waals surface area contributed by atoms with Crippen LogP contribution in [0.5, 0.6) is 0 Å². The molecule has 1 heterocycles. The molecule has 0 spiro atoms. The number of hydrogen-bond donors (Lipinski definition) is 2. The van der Waals surface area contributed by atoms with Crippen molar-refractivity contribution in [3.8, 4) is 0 Å². The first-order chi connectivity index (χ1) is 14.4. The number of nitrogens with zero attached hydrogens (tertiary/aromatic N) is 1. The molecule has 1 aromatic heterocycles. The number of carbonyl (C=O) groups excluding carboxylic acids is 1. The summed E-state index contributed by atoms with van der Waals surface area (Å²) in [5.41, 5.74) is -3.83. The Morgan fingerprint density at radius 2 is 1.87 bits per heavy atom. The average molecular weight is 483 g/mol. The molecule has 31 heavy (non-hydrogen) atoms. The Morgan fingerprint density at radius 1 is 1.23 bits per heavy atom. The maximum absolute atomic E-state index is 14.6. The normalized spacial score (nSPS) is 22.8. The van der Waals surface area contributed by atoms with Gasteiger partial charge in [0.25, 0.3) is 5.91 Å². The average Bonchev–Trinajstić information content (AvgIpc) is 2.70. The first-order valence-electron chi connectivity index (χ1n) is 9.26. The third-order valence-electron chi connectivity index (χ3n) is 5.25. The maximum Gasteiger partial charge on any atom is 0.433 e. The quantitative estimate of drug-likeness (QED) is 0.552. The molecule has 0 radical (unpaired) electrons. The largest absolute Gasteiger partial charge is 0.433 e. The van der Waals surface area contributed by atoms with E-state index in [9.17, 15) is 31.9 Å². The number of halogens is 7. The highest BCUT2D eigenvalue weighted by molar-refractivity contribution is 6.33. The van der Waals surface area contributed by atoms with Crippen LogP contribution in [0.15, 0.2) is 30.5 Å². The zero-order chi connectivity index (χ0) is 23.0. The van der Waals surface area contributed by atoms with Gasteiger partial charge in [0.15, 0.2) is 0 Å². The van der Waals surface area contributed by atoms with Crippen LogP contribution in [-0.4, -0.2) is 27.8 Å². The number of carbonyl (C=O) groups is 1. The van der Waals surface area contributed by atoms with Crippen molar-refractivity contribution < 1.29 is 31.9 Å². The lowest BCUT2D eigenvalue weighted by Gasteiger charge is -2.40. The predicted molar refractivity (Wildman–Crippen MR) is 104 cm³/mol. The summed E-state index contributed by atoms with van der Waals surface area (Å²) in [6, 6.07) is 2.53. The second-order valence-electron chi connectivity index (χ2n) is 7.40. The SMILES string of the molecule is O=C(NC(c1cc(Cl)ccc1F)[C@]1(O)CC[C@H](F)CC1)c1cc(C(F)(F)F)ncc1Cl. The number of alkyl halides is 4. The summed E-state index contributed by atoms with van der Waals surface area (Å²) >= 11 is 11.8. The zero-order valence-electron chi connectivity index (χ0n) is 15.8. The van der Waals surface area contributed by atoms with Gasteiger partial charge in [-0.2, -0.15) is 13.2 Å². The monoisotopic (exact) mass is 482 g/mol. The number of amides is 1. The van der Waals surface area contributed by atoms with Crippen molar-refractivity contribution >= 4 is 29.1 Å². The van der Waals surface area contributed by atoms with Crippen LogP contribution >= 0.6 is 23.2 Å². The van der Waals surface area contributed by atoms with Crippen LogP contribution in [0.4, 0.5) is 22.0 Å². The Hall–Kier alpha value is -1.97. The number of aromatic nitrogens is 1. The number of rotatable bonds is 4. The highest BCUT2D eigenvalue weighted by Gasteiger charge is 2.43. The molecule has 2 aromatic rings. The predicted octanol–water partition coefficient (Wildman–Crippen LogP) is 5.66. The Labute approximate surface area is 184 Å². The number of nitrogens with one attached hydrogen (secondary N) is 1. The van der Waals surface area contributed by atoms with Crippen molar-refractivity contribution in [2.75, 3.05) is 0 Å². The molecule has 1 saturated carbocycles. The fourth-order valence-electron chi connectivity index (χ4n) is 3.59. The molecule has 4 nitrogen and oxygen atoms in total. The fraction of sp³-hybridized carbons (Fsp3) is 0.400. The molecular formula is C20H17Cl2F5N2O2. The molecular weight excluding hydrogens is 466 g/mol. The fourth-order valence-corrected chi connectivity index (χ4v) is 3.95. The minimum absolute atomic E-state index is 0.0285. The second-order valence-corrected chi connectivity index (χ2v) is 8.24. The van der Waals surface area contributed by atoms with E-state index in [-0.39, 0.29) is 41.3 Å². The second kappa shape index (κ2) is 8.88. The number of aliphatic hydroxyl groups is 1. The summed E-state index contributed by atoms with van der Waals surface area (Å²) in [7, 11) is 0. The van der Waals surface area contributed by atoms with Crippen LogP contribution in [0, 0.1) is 5.82 Å². The Balaban J connectivity index is 2.01. The minimum Gasteiger partial charge on any atom is -0.387 e. The summed E-state index contributed by atoms with van der Waals surface area (Å²) in [6.45, 7) is 0. The van der Waals surface area contributed by atoms with Crippen molar-refractivity contribution in [1.29, 1.82) is 0 Å². The number of hydrogen-bond acceptors (Lipinski definition) is 3. The summed E-state index contributed by atoms with van der Waals surface area (Å²) in [4.78, 5) is 16.0. The van der Waals surface area contributed by atoms with Crippen LogP contribution in [-0.2, 0) is 6.18 Å². The highest BCUT2D eigenvalue weighted by atomic mass is 35.5. The van der Waals surface area contributed by atoms with Gasteiger partial charge in [0, 0.05) is 16.8 Å². The Bertz CT molecular complexity index is 979. The van der Waals surface area contributed by atoms with Crippen molar-refractivity contribution in [3.05, 3.63) is 63.1 Å². The van der Waals surface area contributed by atoms with Crippen LogP contribution in [0.2, 0.25) is 10.0 Å². The van der Waals surface area contributed by atoms with E-state index in [0.717, 1.165) is 6.07 Å². The van der Waals surface area contributed by atoms with Gasteiger partial charge < -0.3 is 10.4 Å². The Morgan fingerprint density at radius 3 is 2.48 bits per heavy atom. The van der Waals surface area contributed by atoms with E-state index in [1.165, 1.54) is 12.1 Å². The summed E-state index contributed by atoms with van der Waals surface area (Å²) in [6.07, 6.45) is -5.58. The van der Waals surface area contributed by atoms with Gasteiger partial charge in [-0.15, -0.1) is 0 Å². The van der Waals surface area contributed by atoms with Crippen LogP contribution < -0.4 is 5.32 Å². The topological polar surface area (TPSA) is 62.2 Å². The summed E-state index contributed by atoms with van der Waals surface area (Å²) in [5.74, 6) is -1.89. The summed E-state index contributed by atoms with van der Waals surface area (Å²) in [5, 5.41) is 13.3. The maximum atomic E-state index is 14.6. The number of pyridine rings is 1. The molecule has 1 aliphatic carbocycles. The molecule has 1 aromatic carbocycles. The molecule has 11 heteroatoms. The minimum atomic E-state index is -4.82. The van der Waals surface area contributed by atoms with E-state index >= 15 is 0 Å². The third kappa shape index (κ3) is 5.27. The van der Waals surface area contributed by atoms with E-state index in [1.807, 2.05) is 0 Å². The first-order valence-corrected chi connectivity index (χ1v) is 10.0. The van der Waals surface area contributed by atoms with Gasteiger partial charge in [-0.25, -0.2) is 8.78 Å². The van der Waals surface area contributed by atoms with E-state index in [0.29, 0.717) is 12.3 Å². The molecule has 0 aliphatic heterocycles. The van der Waals surface area contributed by atoms with Crippen molar-refractivity contribution in [2.24, 2.45) is 0 Å². The van der Waals surface area contributed by atoms with Gasteiger partial charge in [0.2, 0.25) is 0 Å². The molecule has 2 N–H and O–H groups in total. The molecule has 0 bridgehead atoms. The zero-order valence-corrected chi connectivity index (χ0v) is 17.3. The van der Waals surface area contributed by atoms with Crippen LogP contribution in [0.3, 0.4) is 0 Å². The van der Waals surface area contributed by atoms with Gasteiger partial charge in [-0.3, -0.25) is 9.78 Å². The van der Waals surface area contributed by atoms with Crippen LogP contribution in [0.25, 0.3) is 0 Å². The molecule has 1 atom stereocenters. The lowest BCUT2D eigenvalue weighted by atomic mass is 9.76. The highest BCUT2D eigenvalue weighted by Crippen LogP contribution is 2.41. The molecule has 168 valence electrons. The molecule has 1 unspecified atom stereocenters. The third-order valence-corrected chi connectivity index (χ3v) is 5.79. The Kier molecular flexibility index (Phi) is 6.78. The molecule has 0 saturated heterocycles. The molecule has 1 aliphatic rings. The first kappa shape index (κ1) is 23.7. The van der Waals surface area contributed by atoms with Gasteiger partial charge in [0.05, 0.1) is 22.2 Å². The molecule has 1 amide bonds. The smallest absolute Gasteiger partial charge is 0.387 e. The van der Waals surface area contributed by atoms with Crippen LogP contribution in [0.1, 0.15) is 53.3 Å². The van der Waals surface area contributed by atoms with E-state index in [1.54, 1.807) is 0 Å². The van der Waals surface area contributed by atoms with E-state index < -0.39 is 47.0 Å². The number of benzene rings is 1. The summed E-state index contributed by atoms with van der Waals surface area (Å²) < 4.78 is 67.2. The standard InChI is InChI=1S/C20H17Cl2F5N2O2/c21-10-1-2-15(24)13(7-10)17(19(31)5-3-11(23)4-6-19)29-18(30)12-8-16(20(25,26)27)28-9-14(12)22/h1-2,7-9,11,17,31H,3-6H2,(H,29,30)/t11-,17?,19-. The van der Waals surface area contributed by atoms with E-state index in [4.69, 9.17) is 23.2 Å². The van der Waals surface area contributed by atoms with Gasteiger partial charge >= 0.3 is 6.18 Å². The van der Waals surface area contributed by atoms with Crippen molar-refractivity contribution in [2.45, 2.75) is 49.7 Å². The molecule has 1 fully saturated rings. The van der Waals surface area contributed by atoms with Crippen molar-refractivity contribution in [3.63, 3.8) is 0 Å². The van der Waals surface area contributed by atoms with E-state index in [2.05, 4.69) is 10.3 Å². The van der Waals surface area contributed by atoms with Gasteiger partial charge in [-0.1, -0.05) is 23.2 Å². The van der Waals surface area contributed by atoms with Crippen molar-refractivity contribution in [1.82, 2.24) is 10.3 Å². The van der Waals surface area contributed by atoms with Gasteiger partial charge in [0.1, 0.15) is 17.7 Å². The van der Waals surface area contributed by atoms with Gasteiger partial charge in [-0.05, 0) is 49.9 Å². The lowest BCUT2D eigenvalue weighted by molar-refractivity contribution is -0.141. The lowest BCUT2D eigenvalue weighted by Crippen LogP contribution is -2.49.